The van der Waals surface area contributed by atoms with Crippen LogP contribution in [0.1, 0.15) is 32.1 Å². The number of sulfonamides is 1. The highest BCUT2D eigenvalue weighted by molar-refractivity contribution is 7.88. The molecule has 4 heteroatoms. The van der Waals surface area contributed by atoms with E-state index in [1.54, 1.807) is 0 Å². The van der Waals surface area contributed by atoms with Gasteiger partial charge >= 0.3 is 0 Å². The first-order chi connectivity index (χ1) is 7.01. The van der Waals surface area contributed by atoms with Gasteiger partial charge in [-0.25, -0.2) is 13.1 Å². The van der Waals surface area contributed by atoms with Crippen molar-refractivity contribution >= 4 is 10.0 Å². The summed E-state index contributed by atoms with van der Waals surface area (Å²) in [6, 6.07) is 0.257. The van der Waals surface area contributed by atoms with Gasteiger partial charge in [0.25, 0.3) is 0 Å². The summed E-state index contributed by atoms with van der Waals surface area (Å²) in [4.78, 5) is 0. The van der Waals surface area contributed by atoms with E-state index >= 15 is 0 Å². The van der Waals surface area contributed by atoms with Crippen molar-refractivity contribution < 1.29 is 8.42 Å². The Bertz CT molecular complexity index is 335. The lowest BCUT2D eigenvalue weighted by atomic mass is 9.54. The SMILES string of the molecule is CS(=O)(=O)NC1C2CC3CC(C2)CC1C3. The molecule has 1 N–H and O–H groups in total. The second-order valence-corrected chi connectivity index (χ2v) is 7.63. The van der Waals surface area contributed by atoms with Gasteiger partial charge in [0.05, 0.1) is 6.26 Å². The Morgan fingerprint density at radius 1 is 0.933 bits per heavy atom. The van der Waals surface area contributed by atoms with Crippen LogP contribution in [0.5, 0.6) is 0 Å². The van der Waals surface area contributed by atoms with Crippen LogP contribution in [-0.4, -0.2) is 20.7 Å². The topological polar surface area (TPSA) is 46.2 Å². The van der Waals surface area contributed by atoms with Crippen molar-refractivity contribution in [3.63, 3.8) is 0 Å². The van der Waals surface area contributed by atoms with E-state index in [0.717, 1.165) is 11.8 Å². The highest BCUT2D eigenvalue weighted by Gasteiger charge is 2.48. The molecule has 15 heavy (non-hydrogen) atoms. The van der Waals surface area contributed by atoms with Crippen LogP contribution in [0, 0.1) is 23.7 Å². The second kappa shape index (κ2) is 3.20. The molecule has 3 nitrogen and oxygen atoms in total. The van der Waals surface area contributed by atoms with E-state index in [0.29, 0.717) is 11.8 Å². The number of rotatable bonds is 2. The zero-order valence-corrected chi connectivity index (χ0v) is 9.96. The van der Waals surface area contributed by atoms with Crippen molar-refractivity contribution in [2.24, 2.45) is 23.7 Å². The maximum atomic E-state index is 11.3. The Balaban J connectivity index is 1.80. The number of nitrogens with one attached hydrogen (secondary N) is 1. The Hall–Kier alpha value is -0.0900. The molecule has 0 aromatic heterocycles. The van der Waals surface area contributed by atoms with Crippen molar-refractivity contribution in [1.82, 2.24) is 4.72 Å². The van der Waals surface area contributed by atoms with Crippen molar-refractivity contribution in [1.29, 1.82) is 0 Å². The summed E-state index contributed by atoms with van der Waals surface area (Å²) in [6.07, 6.45) is 7.76. The highest BCUT2D eigenvalue weighted by atomic mass is 32.2. The molecule has 0 saturated heterocycles. The minimum atomic E-state index is -3.02. The molecule has 0 aromatic rings. The van der Waals surface area contributed by atoms with E-state index in [-0.39, 0.29) is 6.04 Å². The number of hydrogen-bond acceptors (Lipinski definition) is 2. The third-order valence-corrected chi connectivity index (χ3v) is 5.28. The fourth-order valence-corrected chi connectivity index (χ4v) is 5.24. The zero-order chi connectivity index (χ0) is 10.6. The van der Waals surface area contributed by atoms with Gasteiger partial charge in [0, 0.05) is 6.04 Å². The molecule has 4 saturated carbocycles. The van der Waals surface area contributed by atoms with Crippen molar-refractivity contribution in [3.05, 3.63) is 0 Å². The molecule has 0 unspecified atom stereocenters. The molecule has 0 amide bonds. The lowest BCUT2D eigenvalue weighted by molar-refractivity contribution is -0.00551. The average molecular weight is 229 g/mol. The fraction of sp³-hybridized carbons (Fsp3) is 1.00. The molecule has 4 bridgehead atoms. The summed E-state index contributed by atoms with van der Waals surface area (Å²) in [5.74, 6) is 3.09. The molecular weight excluding hydrogens is 210 g/mol. The standard InChI is InChI=1S/C11H19NO2S/c1-15(13,14)12-11-9-3-7-2-8(5-9)6-10(11)4-7/h7-12H,2-6H2,1H3. The largest absolute Gasteiger partial charge is 0.213 e. The first kappa shape index (κ1) is 10.1. The lowest BCUT2D eigenvalue weighted by Crippen LogP contribution is -2.55. The van der Waals surface area contributed by atoms with Gasteiger partial charge in [-0.05, 0) is 55.8 Å². The minimum Gasteiger partial charge on any atom is -0.213 e. The van der Waals surface area contributed by atoms with Gasteiger partial charge in [0.1, 0.15) is 0 Å². The maximum absolute atomic E-state index is 11.3. The molecule has 4 aliphatic carbocycles. The molecule has 0 heterocycles. The van der Waals surface area contributed by atoms with Gasteiger partial charge < -0.3 is 0 Å². The van der Waals surface area contributed by atoms with Crippen LogP contribution in [0.2, 0.25) is 0 Å². The Morgan fingerprint density at radius 2 is 1.40 bits per heavy atom. The van der Waals surface area contributed by atoms with E-state index in [4.69, 9.17) is 0 Å². The monoisotopic (exact) mass is 229 g/mol. The molecule has 4 aliphatic rings. The van der Waals surface area contributed by atoms with E-state index in [1.807, 2.05) is 0 Å². The quantitative estimate of drug-likeness (QED) is 0.777. The second-order valence-electron chi connectivity index (χ2n) is 5.85. The first-order valence-electron chi connectivity index (χ1n) is 5.98. The van der Waals surface area contributed by atoms with Gasteiger partial charge in [-0.1, -0.05) is 0 Å². The lowest BCUT2D eigenvalue weighted by Gasteiger charge is -2.54. The summed E-state index contributed by atoms with van der Waals surface area (Å²) in [7, 11) is -3.02. The molecule has 0 radical (unpaired) electrons. The van der Waals surface area contributed by atoms with Crippen molar-refractivity contribution in [2.75, 3.05) is 6.26 Å². The Kier molecular flexibility index (Phi) is 2.15. The summed E-state index contributed by atoms with van der Waals surface area (Å²) in [5.41, 5.74) is 0. The zero-order valence-electron chi connectivity index (χ0n) is 9.15. The summed E-state index contributed by atoms with van der Waals surface area (Å²) in [5, 5.41) is 0. The van der Waals surface area contributed by atoms with Gasteiger partial charge in [-0.3, -0.25) is 0 Å². The molecule has 0 spiro atoms. The predicted octanol–water partition coefficient (Wildman–Crippen LogP) is 1.36. The van der Waals surface area contributed by atoms with Gasteiger partial charge in [0.2, 0.25) is 10.0 Å². The van der Waals surface area contributed by atoms with Crippen LogP contribution < -0.4 is 4.72 Å². The van der Waals surface area contributed by atoms with Crippen LogP contribution >= 0.6 is 0 Å². The Labute approximate surface area is 91.7 Å². The minimum absolute atomic E-state index is 0.257. The van der Waals surface area contributed by atoms with Crippen molar-refractivity contribution in [3.8, 4) is 0 Å². The first-order valence-corrected chi connectivity index (χ1v) is 7.87. The molecule has 0 atom stereocenters. The van der Waals surface area contributed by atoms with Gasteiger partial charge in [0.15, 0.2) is 0 Å². The van der Waals surface area contributed by atoms with Crippen LogP contribution in [-0.2, 0) is 10.0 Å². The summed E-state index contributed by atoms with van der Waals surface area (Å²) >= 11 is 0. The third-order valence-electron chi connectivity index (χ3n) is 4.58. The molecule has 0 aromatic carbocycles. The Morgan fingerprint density at radius 3 is 1.80 bits per heavy atom. The van der Waals surface area contributed by atoms with Crippen LogP contribution in [0.15, 0.2) is 0 Å². The summed E-state index contributed by atoms with van der Waals surface area (Å²) in [6.45, 7) is 0. The number of hydrogen-bond donors (Lipinski definition) is 1. The van der Waals surface area contributed by atoms with Gasteiger partial charge in [-0.15, -0.1) is 0 Å². The smallest absolute Gasteiger partial charge is 0.208 e. The normalized spacial score (nSPS) is 48.5. The highest BCUT2D eigenvalue weighted by Crippen LogP contribution is 2.53. The van der Waals surface area contributed by atoms with E-state index in [9.17, 15) is 8.42 Å². The van der Waals surface area contributed by atoms with E-state index in [1.165, 1.54) is 38.4 Å². The molecule has 4 rings (SSSR count). The van der Waals surface area contributed by atoms with Crippen molar-refractivity contribution in [2.45, 2.75) is 38.1 Å². The molecule has 4 fully saturated rings. The van der Waals surface area contributed by atoms with E-state index in [2.05, 4.69) is 4.72 Å². The third kappa shape index (κ3) is 1.82. The molecular formula is C11H19NO2S. The van der Waals surface area contributed by atoms with Gasteiger partial charge in [-0.2, -0.15) is 0 Å². The summed E-state index contributed by atoms with van der Waals surface area (Å²) < 4.78 is 25.5. The van der Waals surface area contributed by atoms with Crippen LogP contribution in [0.3, 0.4) is 0 Å². The predicted molar refractivity (Wildman–Crippen MR) is 58.8 cm³/mol. The molecule has 0 aliphatic heterocycles. The van der Waals surface area contributed by atoms with E-state index < -0.39 is 10.0 Å². The average Bonchev–Trinajstić information content (AvgIpc) is 2.08. The fourth-order valence-electron chi connectivity index (χ4n) is 4.36. The molecule has 86 valence electrons. The van der Waals surface area contributed by atoms with Crippen LogP contribution in [0.25, 0.3) is 0 Å². The maximum Gasteiger partial charge on any atom is 0.208 e. The van der Waals surface area contributed by atoms with Crippen LogP contribution in [0.4, 0.5) is 0 Å².